The molecule has 0 amide bonds. The maximum absolute atomic E-state index is 12.9. The fourth-order valence-electron chi connectivity index (χ4n) is 3.68. The highest BCUT2D eigenvalue weighted by atomic mass is 16.5. The summed E-state index contributed by atoms with van der Waals surface area (Å²) in [5.74, 6) is -0.948. The lowest BCUT2D eigenvalue weighted by molar-refractivity contribution is 0.0701. The van der Waals surface area contributed by atoms with Gasteiger partial charge in [0.25, 0.3) is 0 Å². The third-order valence-electron chi connectivity index (χ3n) is 5.12. The molecular formula is C24H14N2O6. The molecule has 2 aromatic carbocycles. The zero-order valence-corrected chi connectivity index (χ0v) is 16.4. The van der Waals surface area contributed by atoms with Crippen LogP contribution in [-0.4, -0.2) is 5.97 Å². The van der Waals surface area contributed by atoms with Crippen molar-refractivity contribution in [1.29, 1.82) is 5.26 Å². The first kappa shape index (κ1) is 19.2. The van der Waals surface area contributed by atoms with Crippen LogP contribution in [0.1, 0.15) is 27.6 Å². The number of carbonyl (C=O) groups excluding carboxylic acids is 1. The number of hydrogen-bond donors (Lipinski definition) is 1. The molecule has 0 saturated carbocycles. The number of furan rings is 1. The number of esters is 1. The summed E-state index contributed by atoms with van der Waals surface area (Å²) in [7, 11) is 0. The lowest BCUT2D eigenvalue weighted by Crippen LogP contribution is -2.26. The van der Waals surface area contributed by atoms with Gasteiger partial charge in [0.2, 0.25) is 11.6 Å². The van der Waals surface area contributed by atoms with E-state index in [1.807, 2.05) is 6.07 Å². The third kappa shape index (κ3) is 3.09. The summed E-state index contributed by atoms with van der Waals surface area (Å²) in [6.45, 7) is 0. The van der Waals surface area contributed by atoms with E-state index in [0.717, 1.165) is 0 Å². The average molecular weight is 426 g/mol. The van der Waals surface area contributed by atoms with Gasteiger partial charge in [-0.15, -0.1) is 0 Å². The van der Waals surface area contributed by atoms with E-state index >= 15 is 0 Å². The second kappa shape index (κ2) is 7.49. The van der Waals surface area contributed by atoms with Crippen molar-refractivity contribution in [3.8, 4) is 17.6 Å². The lowest BCUT2D eigenvalue weighted by atomic mass is 9.84. The molecule has 4 aromatic rings. The molecule has 32 heavy (non-hydrogen) atoms. The maximum Gasteiger partial charge on any atom is 0.379 e. The van der Waals surface area contributed by atoms with E-state index in [2.05, 4.69) is 0 Å². The van der Waals surface area contributed by atoms with E-state index < -0.39 is 17.5 Å². The predicted octanol–water partition coefficient (Wildman–Crippen LogP) is 3.82. The highest BCUT2D eigenvalue weighted by Gasteiger charge is 2.35. The Morgan fingerprint density at radius 1 is 1.06 bits per heavy atom. The normalized spacial score (nSPS) is 15.0. The van der Waals surface area contributed by atoms with Crippen LogP contribution in [-0.2, 0) is 0 Å². The van der Waals surface area contributed by atoms with Crippen LogP contribution in [0, 0.1) is 11.3 Å². The zero-order chi connectivity index (χ0) is 22.2. The second-order valence-corrected chi connectivity index (χ2v) is 6.99. The first-order chi connectivity index (χ1) is 15.6. The van der Waals surface area contributed by atoms with Crippen molar-refractivity contribution in [1.82, 2.24) is 0 Å². The molecule has 1 atom stereocenters. The van der Waals surface area contributed by atoms with Gasteiger partial charge in [-0.05, 0) is 42.0 Å². The van der Waals surface area contributed by atoms with Crippen molar-refractivity contribution in [2.45, 2.75) is 5.92 Å². The maximum atomic E-state index is 12.9. The van der Waals surface area contributed by atoms with E-state index in [1.54, 1.807) is 54.6 Å². The van der Waals surface area contributed by atoms with Gasteiger partial charge in [-0.3, -0.25) is 0 Å². The smallest absolute Gasteiger partial charge is 0.379 e. The number of nitriles is 1. The lowest BCUT2D eigenvalue weighted by Gasteiger charge is -2.26. The van der Waals surface area contributed by atoms with Crippen molar-refractivity contribution in [2.24, 2.45) is 5.73 Å². The van der Waals surface area contributed by atoms with Gasteiger partial charge in [-0.1, -0.05) is 24.3 Å². The van der Waals surface area contributed by atoms with Gasteiger partial charge in [-0.25, -0.2) is 9.59 Å². The molecule has 0 spiro atoms. The van der Waals surface area contributed by atoms with Crippen LogP contribution in [0.4, 0.5) is 0 Å². The summed E-state index contributed by atoms with van der Waals surface area (Å²) in [6.07, 6.45) is 1.37. The van der Waals surface area contributed by atoms with Crippen LogP contribution in [0.15, 0.2) is 92.0 Å². The fraction of sp³-hybridized carbons (Fsp3) is 0.0417. The molecule has 2 N–H and O–H groups in total. The standard InChI is InChI=1S/C24H14N2O6/c25-12-16-19(13-7-9-14(10-8-13)30-23(27)18-6-3-11-29-18)20-21(32-22(16)26)15-4-1-2-5-17(15)31-24(20)28/h1-11,19H,26H2. The topological polar surface area (TPSA) is 129 Å². The molecule has 156 valence electrons. The van der Waals surface area contributed by atoms with E-state index in [-0.39, 0.29) is 34.3 Å². The van der Waals surface area contributed by atoms with Crippen LogP contribution in [0.25, 0.3) is 11.0 Å². The molecular weight excluding hydrogens is 412 g/mol. The summed E-state index contributed by atoms with van der Waals surface area (Å²) in [5, 5.41) is 10.3. The number of benzene rings is 2. The number of allylic oxidation sites excluding steroid dienone is 1. The number of rotatable bonds is 3. The number of para-hydroxylation sites is 1. The number of carbonyl (C=O) groups is 1. The fourth-order valence-corrected chi connectivity index (χ4v) is 3.68. The van der Waals surface area contributed by atoms with Gasteiger partial charge in [0.05, 0.1) is 23.1 Å². The zero-order valence-electron chi connectivity index (χ0n) is 16.4. The number of ether oxygens (including phenoxy) is 2. The van der Waals surface area contributed by atoms with Crippen LogP contribution < -0.4 is 20.8 Å². The minimum absolute atomic E-state index is 0.0689. The third-order valence-corrected chi connectivity index (χ3v) is 5.12. The molecule has 0 bridgehead atoms. The molecule has 0 aliphatic carbocycles. The Morgan fingerprint density at radius 2 is 1.84 bits per heavy atom. The summed E-state index contributed by atoms with van der Waals surface area (Å²) in [4.78, 5) is 25.0. The summed E-state index contributed by atoms with van der Waals surface area (Å²) < 4.78 is 21.5. The van der Waals surface area contributed by atoms with E-state index in [1.165, 1.54) is 12.3 Å². The first-order valence-corrected chi connectivity index (χ1v) is 9.56. The molecule has 1 aliphatic heterocycles. The Hall–Kier alpha value is -4.77. The van der Waals surface area contributed by atoms with Crippen LogP contribution in [0.2, 0.25) is 0 Å². The molecule has 1 aliphatic rings. The Balaban J connectivity index is 1.58. The number of hydrogen-bond acceptors (Lipinski definition) is 8. The summed E-state index contributed by atoms with van der Waals surface area (Å²) in [5.41, 5.74) is 6.61. The van der Waals surface area contributed by atoms with Crippen molar-refractivity contribution in [3.05, 3.63) is 106 Å². The van der Waals surface area contributed by atoms with Crippen molar-refractivity contribution >= 4 is 16.9 Å². The summed E-state index contributed by atoms with van der Waals surface area (Å²) in [6, 6.07) is 18.4. The largest absolute Gasteiger partial charge is 0.457 e. The van der Waals surface area contributed by atoms with Crippen molar-refractivity contribution in [2.75, 3.05) is 0 Å². The monoisotopic (exact) mass is 426 g/mol. The van der Waals surface area contributed by atoms with Gasteiger partial charge in [0.1, 0.15) is 23.0 Å². The van der Waals surface area contributed by atoms with Crippen LogP contribution >= 0.6 is 0 Å². The van der Waals surface area contributed by atoms with E-state index in [4.69, 9.17) is 24.0 Å². The molecule has 0 radical (unpaired) electrons. The van der Waals surface area contributed by atoms with Gasteiger partial charge >= 0.3 is 11.6 Å². The Bertz CT molecular complexity index is 1470. The SMILES string of the molecule is N#CC1=C(N)Oc2c(c(=O)oc3ccccc23)C1c1ccc(OC(=O)c2ccco2)cc1. The predicted molar refractivity (Wildman–Crippen MR) is 112 cm³/mol. The number of nitrogens with two attached hydrogens (primary N) is 1. The molecule has 8 nitrogen and oxygen atoms in total. The second-order valence-electron chi connectivity index (χ2n) is 6.99. The quantitative estimate of drug-likeness (QED) is 0.297. The van der Waals surface area contributed by atoms with Gasteiger partial charge < -0.3 is 24.0 Å². The number of nitrogens with zero attached hydrogens (tertiary/aromatic N) is 1. The van der Waals surface area contributed by atoms with Crippen molar-refractivity contribution < 1.29 is 23.1 Å². The first-order valence-electron chi connectivity index (χ1n) is 9.56. The minimum Gasteiger partial charge on any atom is -0.457 e. The molecule has 0 fully saturated rings. The molecule has 5 rings (SSSR count). The summed E-state index contributed by atoms with van der Waals surface area (Å²) >= 11 is 0. The molecule has 0 saturated heterocycles. The minimum atomic E-state index is -0.806. The molecule has 1 unspecified atom stereocenters. The molecule has 2 aromatic heterocycles. The average Bonchev–Trinajstić information content (AvgIpc) is 3.34. The van der Waals surface area contributed by atoms with Crippen LogP contribution in [0.3, 0.4) is 0 Å². The van der Waals surface area contributed by atoms with E-state index in [9.17, 15) is 14.9 Å². The van der Waals surface area contributed by atoms with Gasteiger partial charge in [-0.2, -0.15) is 5.26 Å². The molecule has 8 heteroatoms. The van der Waals surface area contributed by atoms with Gasteiger partial charge in [0.15, 0.2) is 5.75 Å². The Labute approximate surface area is 180 Å². The highest BCUT2D eigenvalue weighted by molar-refractivity contribution is 5.88. The van der Waals surface area contributed by atoms with E-state index in [0.29, 0.717) is 16.5 Å². The molecule has 3 heterocycles. The van der Waals surface area contributed by atoms with Crippen molar-refractivity contribution in [3.63, 3.8) is 0 Å². The van der Waals surface area contributed by atoms with Gasteiger partial charge in [0, 0.05) is 0 Å². The Morgan fingerprint density at radius 3 is 2.56 bits per heavy atom. The Kier molecular flexibility index (Phi) is 4.49. The number of fused-ring (bicyclic) bond motifs is 3. The van der Waals surface area contributed by atoms with Crippen LogP contribution in [0.5, 0.6) is 11.5 Å². The highest BCUT2D eigenvalue weighted by Crippen LogP contribution is 2.43.